The molecule has 2 aromatic rings. The average Bonchev–Trinajstić information content (AvgIpc) is 3.06. The van der Waals surface area contributed by atoms with Crippen LogP contribution in [0.2, 0.25) is 6.04 Å². The third-order valence-electron chi connectivity index (χ3n) is 6.03. The van der Waals surface area contributed by atoms with Gasteiger partial charge in [-0.25, -0.2) is 0 Å². The molecule has 0 saturated carbocycles. The normalized spacial score (nSPS) is 15.1. The van der Waals surface area contributed by atoms with Gasteiger partial charge in [-0.15, -0.1) is 0 Å². The molecule has 0 fully saturated rings. The van der Waals surface area contributed by atoms with Crippen molar-refractivity contribution in [3.63, 3.8) is 0 Å². The van der Waals surface area contributed by atoms with Crippen LogP contribution in [0.25, 0.3) is 16.7 Å². The van der Waals surface area contributed by atoms with Crippen molar-refractivity contribution in [2.75, 3.05) is 7.05 Å². The van der Waals surface area contributed by atoms with Gasteiger partial charge < -0.3 is 9.03 Å². The first-order valence-corrected chi connectivity index (χ1v) is 11.7. The van der Waals surface area contributed by atoms with E-state index in [0.29, 0.717) is 23.6 Å². The van der Waals surface area contributed by atoms with Crippen molar-refractivity contribution in [1.82, 2.24) is 4.57 Å². The monoisotopic (exact) mass is 421 g/mol. The minimum Gasteiger partial charge on any atom is -0.375 e. The summed E-state index contributed by atoms with van der Waals surface area (Å²) in [6, 6.07) is 15.2. The molecule has 2 aliphatic rings. The molecule has 0 amide bonds. The minimum absolute atomic E-state index is 0.00610. The summed E-state index contributed by atoms with van der Waals surface area (Å²) < 4.78 is 43.1. The van der Waals surface area contributed by atoms with Gasteiger partial charge in [-0.2, -0.15) is 8.78 Å². The highest BCUT2D eigenvalue weighted by atomic mass is 28.3. The largest absolute Gasteiger partial charge is 0.399 e. The van der Waals surface area contributed by atoms with E-state index >= 15 is 0 Å². The number of nitrogens with zero attached hydrogens (tertiary/aromatic N) is 1. The second-order valence-electron chi connectivity index (χ2n) is 8.90. The highest BCUT2D eigenvalue weighted by Gasteiger charge is 2.31. The smallest absolute Gasteiger partial charge is 0.375 e. The molecule has 0 bridgehead atoms. The Morgan fingerprint density at radius 3 is 2.07 bits per heavy atom. The molecule has 30 heavy (non-hydrogen) atoms. The van der Waals surface area contributed by atoms with Crippen molar-refractivity contribution < 1.29 is 13.2 Å². The van der Waals surface area contributed by atoms with Crippen molar-refractivity contribution >= 4 is 25.6 Å². The summed E-state index contributed by atoms with van der Waals surface area (Å²) in [6.07, 6.45) is 1.04. The van der Waals surface area contributed by atoms with E-state index in [9.17, 15) is 13.2 Å². The Bertz CT molecular complexity index is 1130. The van der Waals surface area contributed by atoms with E-state index in [2.05, 4.69) is 26.8 Å². The lowest BCUT2D eigenvalue weighted by atomic mass is 9.92. The summed E-state index contributed by atoms with van der Waals surface area (Å²) >= 11 is 0. The van der Waals surface area contributed by atoms with Gasteiger partial charge in [-0.1, -0.05) is 60.2 Å². The summed E-state index contributed by atoms with van der Waals surface area (Å²) in [5, 5.41) is 0. The van der Waals surface area contributed by atoms with Crippen LogP contribution in [-0.2, 0) is 4.46 Å². The number of hydrogen-bond acceptors (Lipinski definition) is 1. The molecule has 0 spiro atoms. The fourth-order valence-corrected chi connectivity index (χ4v) is 5.80. The maximum Gasteiger partial charge on any atom is 0.399 e. The van der Waals surface area contributed by atoms with Gasteiger partial charge in [0.15, 0.2) is 0 Å². The Labute approximate surface area is 178 Å². The van der Waals surface area contributed by atoms with Gasteiger partial charge in [0.05, 0.1) is 5.57 Å². The quantitative estimate of drug-likeness (QED) is 0.524. The molecule has 0 N–H and O–H groups in total. The second kappa shape index (κ2) is 7.55. The van der Waals surface area contributed by atoms with Crippen LogP contribution in [0.3, 0.4) is 0 Å². The van der Waals surface area contributed by atoms with E-state index in [1.165, 1.54) is 0 Å². The third kappa shape index (κ3) is 3.52. The summed E-state index contributed by atoms with van der Waals surface area (Å²) in [4.78, 5) is 0. The molecule has 2 nitrogen and oxygen atoms in total. The van der Waals surface area contributed by atoms with E-state index in [4.69, 9.17) is 0 Å². The molecule has 5 heteroatoms. The molecule has 0 radical (unpaired) electrons. The number of fused-ring (bicyclic) bond motifs is 4. The first-order chi connectivity index (χ1) is 14.2. The Morgan fingerprint density at radius 2 is 1.50 bits per heavy atom. The van der Waals surface area contributed by atoms with E-state index in [0.717, 1.165) is 27.8 Å². The van der Waals surface area contributed by atoms with Crippen LogP contribution < -0.4 is 0 Å². The zero-order valence-electron chi connectivity index (χ0n) is 17.7. The van der Waals surface area contributed by atoms with Crippen LogP contribution in [0.4, 0.5) is 8.78 Å². The van der Waals surface area contributed by atoms with Crippen molar-refractivity contribution in [1.29, 1.82) is 0 Å². The molecule has 0 unspecified atom stereocenters. The zero-order chi connectivity index (χ0) is 21.6. The predicted molar refractivity (Wildman–Crippen MR) is 119 cm³/mol. The summed E-state index contributed by atoms with van der Waals surface area (Å²) in [5.41, 5.74) is 5.69. The lowest BCUT2D eigenvalue weighted by Crippen LogP contribution is -2.43. The fraction of sp³-hybridized carbons (Fsp3) is 0.280. The molecule has 0 aliphatic heterocycles. The van der Waals surface area contributed by atoms with Gasteiger partial charge in [-0.05, 0) is 60.6 Å². The van der Waals surface area contributed by atoms with Gasteiger partial charge >= 0.3 is 8.84 Å². The van der Waals surface area contributed by atoms with Gasteiger partial charge in [-0.3, -0.25) is 0 Å². The van der Waals surface area contributed by atoms with Crippen molar-refractivity contribution in [3.05, 3.63) is 88.5 Å². The Hall–Kier alpha value is -2.66. The molecule has 0 aromatic heterocycles. The minimum atomic E-state index is -1.98. The van der Waals surface area contributed by atoms with Crippen molar-refractivity contribution in [3.8, 4) is 0 Å². The third-order valence-corrected chi connectivity index (χ3v) is 8.21. The Balaban J connectivity index is 1.82. The summed E-state index contributed by atoms with van der Waals surface area (Å²) in [5.74, 6) is 0. The van der Waals surface area contributed by atoms with E-state index in [1.807, 2.05) is 35.9 Å². The molecule has 4 rings (SSSR count). The molecule has 0 atom stereocenters. The van der Waals surface area contributed by atoms with Gasteiger partial charge in [0.25, 0.3) is 6.08 Å². The molecular formula is C25H25F2NOSi. The first kappa shape index (κ1) is 20.6. The number of halogens is 2. The standard InChI is InChI=1S/C25H25F2NOSi/c1-25(2,3)28(4)30(29)15-16-13-21-17-9-5-7-11-19(17)23(24(26)27)20-12-8-6-10-18(20)22(21)14-16/h5-13H,14-15H2,1-4H3. The van der Waals surface area contributed by atoms with Crippen LogP contribution in [0, 0.1) is 0 Å². The van der Waals surface area contributed by atoms with Crippen LogP contribution in [0.5, 0.6) is 0 Å². The maximum atomic E-state index is 14.1. The Kier molecular flexibility index (Phi) is 5.18. The lowest BCUT2D eigenvalue weighted by Gasteiger charge is -2.32. The number of hydrogen-bond donors (Lipinski definition) is 0. The molecule has 0 saturated heterocycles. The summed E-state index contributed by atoms with van der Waals surface area (Å²) in [6.45, 7) is 6.16. The highest BCUT2D eigenvalue weighted by Crippen LogP contribution is 2.48. The molecule has 2 aliphatic carbocycles. The Morgan fingerprint density at radius 1 is 0.967 bits per heavy atom. The lowest BCUT2D eigenvalue weighted by molar-refractivity contribution is 0.274. The van der Waals surface area contributed by atoms with Crippen LogP contribution in [-0.4, -0.2) is 26.0 Å². The number of rotatable bonds is 3. The topological polar surface area (TPSA) is 20.3 Å². The number of allylic oxidation sites excluding steroid dienone is 4. The summed E-state index contributed by atoms with van der Waals surface area (Å²) in [7, 11) is -0.0734. The second-order valence-corrected chi connectivity index (χ2v) is 10.7. The van der Waals surface area contributed by atoms with Crippen LogP contribution >= 0.6 is 0 Å². The van der Waals surface area contributed by atoms with Crippen molar-refractivity contribution in [2.24, 2.45) is 0 Å². The molecule has 154 valence electrons. The zero-order valence-corrected chi connectivity index (χ0v) is 18.7. The van der Waals surface area contributed by atoms with Gasteiger partial charge in [0.2, 0.25) is 0 Å². The number of benzene rings is 2. The van der Waals surface area contributed by atoms with Crippen LogP contribution in [0.1, 0.15) is 49.4 Å². The van der Waals surface area contributed by atoms with E-state index in [-0.39, 0.29) is 11.1 Å². The highest BCUT2D eigenvalue weighted by molar-refractivity contribution is 6.40. The SMILES string of the molecule is CN([Si](=O)CC1=CC2=C(C1)c1ccccc1C(=C(F)F)c1ccccc12)C(C)(C)C. The van der Waals surface area contributed by atoms with Gasteiger partial charge in [0, 0.05) is 18.6 Å². The maximum absolute atomic E-state index is 14.1. The van der Waals surface area contributed by atoms with E-state index < -0.39 is 14.9 Å². The van der Waals surface area contributed by atoms with E-state index in [1.54, 1.807) is 24.3 Å². The fourth-order valence-electron chi connectivity index (χ4n) is 4.19. The molecule has 2 aromatic carbocycles. The molecule has 0 heterocycles. The van der Waals surface area contributed by atoms with Crippen LogP contribution in [0.15, 0.2) is 66.3 Å². The predicted octanol–water partition coefficient (Wildman–Crippen LogP) is 6.55. The molecular weight excluding hydrogens is 396 g/mol. The average molecular weight is 422 g/mol. The first-order valence-electron chi connectivity index (χ1n) is 10.1. The van der Waals surface area contributed by atoms with Gasteiger partial charge in [0.1, 0.15) is 0 Å². The van der Waals surface area contributed by atoms with Crippen molar-refractivity contribution in [2.45, 2.75) is 38.8 Å².